The van der Waals surface area contributed by atoms with Crippen LogP contribution >= 0.6 is 23.1 Å². The van der Waals surface area contributed by atoms with Gasteiger partial charge in [-0.2, -0.15) is 11.8 Å². The number of amides is 1. The number of hydrogen-bond donors (Lipinski definition) is 0. The van der Waals surface area contributed by atoms with Gasteiger partial charge in [0.2, 0.25) is 5.91 Å². The molecule has 14 heavy (non-hydrogen) atoms. The van der Waals surface area contributed by atoms with Crippen molar-refractivity contribution < 1.29 is 4.79 Å². The molecule has 1 aliphatic heterocycles. The first-order valence-corrected chi connectivity index (χ1v) is 6.62. The van der Waals surface area contributed by atoms with Gasteiger partial charge in [-0.15, -0.1) is 11.3 Å². The smallest absolute Gasteiger partial charge is 0.227 e. The summed E-state index contributed by atoms with van der Waals surface area (Å²) in [5.41, 5.74) is 1.77. The Bertz CT molecular complexity index is 294. The molecular formula is C9H12N2OS2. The van der Waals surface area contributed by atoms with E-state index in [-0.39, 0.29) is 5.91 Å². The van der Waals surface area contributed by atoms with Crippen LogP contribution in [-0.4, -0.2) is 40.4 Å². The zero-order chi connectivity index (χ0) is 9.80. The molecule has 0 aliphatic carbocycles. The van der Waals surface area contributed by atoms with Gasteiger partial charge in [-0.25, -0.2) is 0 Å². The second-order valence-corrected chi connectivity index (χ2v) is 5.33. The van der Waals surface area contributed by atoms with Crippen LogP contribution in [0.3, 0.4) is 0 Å². The minimum atomic E-state index is 0.245. The highest BCUT2D eigenvalue weighted by Gasteiger charge is 2.17. The molecule has 1 aromatic rings. The number of rotatable bonds is 2. The van der Waals surface area contributed by atoms with Crippen molar-refractivity contribution in [1.82, 2.24) is 9.88 Å². The summed E-state index contributed by atoms with van der Waals surface area (Å²) >= 11 is 3.47. The van der Waals surface area contributed by atoms with E-state index in [2.05, 4.69) is 4.98 Å². The molecule has 0 radical (unpaired) electrons. The van der Waals surface area contributed by atoms with Crippen molar-refractivity contribution in [3.05, 3.63) is 16.6 Å². The summed E-state index contributed by atoms with van der Waals surface area (Å²) in [6.45, 7) is 1.81. The number of nitrogens with zero attached hydrogens (tertiary/aromatic N) is 2. The Morgan fingerprint density at radius 3 is 2.93 bits per heavy atom. The molecule has 76 valence electrons. The molecule has 5 heteroatoms. The molecule has 1 saturated heterocycles. The van der Waals surface area contributed by atoms with Crippen LogP contribution in [0.2, 0.25) is 0 Å². The minimum absolute atomic E-state index is 0.245. The highest BCUT2D eigenvalue weighted by molar-refractivity contribution is 7.99. The van der Waals surface area contributed by atoms with E-state index in [0.717, 1.165) is 29.5 Å². The van der Waals surface area contributed by atoms with Crippen molar-refractivity contribution in [2.24, 2.45) is 0 Å². The Balaban J connectivity index is 1.88. The Morgan fingerprint density at radius 1 is 1.50 bits per heavy atom. The van der Waals surface area contributed by atoms with Gasteiger partial charge in [-0.1, -0.05) is 0 Å². The van der Waals surface area contributed by atoms with Gasteiger partial charge in [0, 0.05) is 35.7 Å². The average molecular weight is 228 g/mol. The van der Waals surface area contributed by atoms with Gasteiger partial charge in [0.15, 0.2) is 0 Å². The Labute approximate surface area is 91.5 Å². The Morgan fingerprint density at radius 2 is 2.29 bits per heavy atom. The van der Waals surface area contributed by atoms with Crippen LogP contribution < -0.4 is 0 Å². The first kappa shape index (κ1) is 9.98. The van der Waals surface area contributed by atoms with E-state index < -0.39 is 0 Å². The van der Waals surface area contributed by atoms with Crippen molar-refractivity contribution in [3.63, 3.8) is 0 Å². The molecule has 0 N–H and O–H groups in total. The first-order chi connectivity index (χ1) is 6.86. The monoisotopic (exact) mass is 228 g/mol. The van der Waals surface area contributed by atoms with Crippen molar-refractivity contribution in [3.8, 4) is 0 Å². The van der Waals surface area contributed by atoms with Crippen LogP contribution in [0.25, 0.3) is 0 Å². The normalized spacial score (nSPS) is 17.0. The van der Waals surface area contributed by atoms with Crippen LogP contribution in [-0.2, 0) is 11.2 Å². The van der Waals surface area contributed by atoms with Gasteiger partial charge < -0.3 is 4.90 Å². The SMILES string of the molecule is O=C(Cc1cncs1)N1CCSCC1. The minimum Gasteiger partial charge on any atom is -0.341 e. The molecule has 1 amide bonds. The molecule has 0 saturated carbocycles. The van der Waals surface area contributed by atoms with Crippen LogP contribution in [0.15, 0.2) is 11.7 Å². The van der Waals surface area contributed by atoms with E-state index in [4.69, 9.17) is 0 Å². The molecule has 1 fully saturated rings. The predicted molar refractivity (Wildman–Crippen MR) is 59.7 cm³/mol. The molecule has 0 spiro atoms. The maximum Gasteiger partial charge on any atom is 0.227 e. The fraction of sp³-hybridized carbons (Fsp3) is 0.556. The number of hydrogen-bond acceptors (Lipinski definition) is 4. The third-order valence-corrected chi connectivity index (χ3v) is 3.89. The predicted octanol–water partition coefficient (Wildman–Crippen LogP) is 1.26. The lowest BCUT2D eigenvalue weighted by Crippen LogP contribution is -2.38. The maximum absolute atomic E-state index is 11.8. The van der Waals surface area contributed by atoms with Crippen molar-refractivity contribution in [2.45, 2.75) is 6.42 Å². The van der Waals surface area contributed by atoms with E-state index in [1.165, 1.54) is 0 Å². The topological polar surface area (TPSA) is 33.2 Å². The number of aromatic nitrogens is 1. The highest BCUT2D eigenvalue weighted by atomic mass is 32.2. The standard InChI is InChI=1S/C9H12N2OS2/c12-9(5-8-6-10-7-14-8)11-1-3-13-4-2-11/h6-7H,1-5H2. The summed E-state index contributed by atoms with van der Waals surface area (Å²) in [4.78, 5) is 18.7. The van der Waals surface area contributed by atoms with E-state index in [0.29, 0.717) is 6.42 Å². The molecule has 1 aromatic heterocycles. The second kappa shape index (κ2) is 4.79. The van der Waals surface area contributed by atoms with Crippen LogP contribution in [0.4, 0.5) is 0 Å². The molecule has 2 rings (SSSR count). The third-order valence-electron chi connectivity index (χ3n) is 2.17. The largest absolute Gasteiger partial charge is 0.341 e. The van der Waals surface area contributed by atoms with E-state index in [1.54, 1.807) is 23.0 Å². The van der Waals surface area contributed by atoms with Crippen LogP contribution in [0.5, 0.6) is 0 Å². The van der Waals surface area contributed by atoms with Gasteiger partial charge in [0.1, 0.15) is 0 Å². The molecule has 1 aliphatic rings. The summed E-state index contributed by atoms with van der Waals surface area (Å²) in [5.74, 6) is 2.40. The number of thioether (sulfide) groups is 1. The number of carbonyl (C=O) groups excluding carboxylic acids is 1. The quantitative estimate of drug-likeness (QED) is 0.764. The third kappa shape index (κ3) is 2.48. The lowest BCUT2D eigenvalue weighted by atomic mass is 10.3. The lowest BCUT2D eigenvalue weighted by molar-refractivity contribution is -0.130. The van der Waals surface area contributed by atoms with Gasteiger partial charge >= 0.3 is 0 Å². The first-order valence-electron chi connectivity index (χ1n) is 4.59. The highest BCUT2D eigenvalue weighted by Crippen LogP contribution is 2.12. The molecule has 0 atom stereocenters. The molecule has 2 heterocycles. The van der Waals surface area contributed by atoms with Crippen molar-refractivity contribution in [1.29, 1.82) is 0 Å². The van der Waals surface area contributed by atoms with Crippen LogP contribution in [0.1, 0.15) is 4.88 Å². The van der Waals surface area contributed by atoms with Gasteiger partial charge in [-0.05, 0) is 0 Å². The fourth-order valence-electron chi connectivity index (χ4n) is 1.40. The molecule has 0 aromatic carbocycles. The molecule has 0 unspecified atom stereocenters. The van der Waals surface area contributed by atoms with Crippen LogP contribution in [0, 0.1) is 0 Å². The summed E-state index contributed by atoms with van der Waals surface area (Å²) < 4.78 is 0. The molecular weight excluding hydrogens is 216 g/mol. The summed E-state index contributed by atoms with van der Waals surface area (Å²) in [6, 6.07) is 0. The lowest BCUT2D eigenvalue weighted by Gasteiger charge is -2.26. The average Bonchev–Trinajstić information content (AvgIpc) is 2.72. The van der Waals surface area contributed by atoms with E-state index >= 15 is 0 Å². The molecule has 0 bridgehead atoms. The maximum atomic E-state index is 11.8. The molecule has 3 nitrogen and oxygen atoms in total. The van der Waals surface area contributed by atoms with Gasteiger partial charge in [0.25, 0.3) is 0 Å². The zero-order valence-corrected chi connectivity index (χ0v) is 9.44. The second-order valence-electron chi connectivity index (χ2n) is 3.14. The van der Waals surface area contributed by atoms with Gasteiger partial charge in [-0.3, -0.25) is 9.78 Å². The summed E-state index contributed by atoms with van der Waals surface area (Å²) in [5, 5.41) is 0. The van der Waals surface area contributed by atoms with Gasteiger partial charge in [0.05, 0.1) is 11.9 Å². The Hall–Kier alpha value is -0.550. The van der Waals surface area contributed by atoms with Crippen molar-refractivity contribution >= 4 is 29.0 Å². The van der Waals surface area contributed by atoms with Crippen molar-refractivity contribution in [2.75, 3.05) is 24.6 Å². The Kier molecular flexibility index (Phi) is 3.42. The number of carbonyl (C=O) groups is 1. The van der Waals surface area contributed by atoms with E-state index in [1.807, 2.05) is 16.7 Å². The summed E-state index contributed by atoms with van der Waals surface area (Å²) in [7, 11) is 0. The fourth-order valence-corrected chi connectivity index (χ4v) is 2.89. The zero-order valence-electron chi connectivity index (χ0n) is 7.81. The summed E-state index contributed by atoms with van der Waals surface area (Å²) in [6.07, 6.45) is 2.30. The van der Waals surface area contributed by atoms with E-state index in [9.17, 15) is 4.79 Å². The number of thiazole rings is 1.